The molecule has 1 aromatic rings. The minimum absolute atomic E-state index is 0.197. The first-order valence-corrected chi connectivity index (χ1v) is 9.72. The molecule has 3 aliphatic rings. The number of carbonyl (C=O) groups excluding carboxylic acids is 1. The minimum atomic E-state index is -0.307. The molecule has 0 saturated carbocycles. The van der Waals surface area contributed by atoms with Crippen LogP contribution in [-0.2, 0) is 20.8 Å². The number of ether oxygens (including phenoxy) is 3. The number of hydrogen-bond donors (Lipinski definition) is 0. The molecule has 26 heavy (non-hydrogen) atoms. The van der Waals surface area contributed by atoms with Gasteiger partial charge in [0.1, 0.15) is 6.61 Å². The van der Waals surface area contributed by atoms with Gasteiger partial charge in [0, 0.05) is 45.1 Å². The number of piperidine rings is 2. The van der Waals surface area contributed by atoms with Gasteiger partial charge < -0.3 is 19.1 Å². The Labute approximate surface area is 155 Å². The van der Waals surface area contributed by atoms with Crippen molar-refractivity contribution in [2.45, 2.75) is 44.1 Å². The summed E-state index contributed by atoms with van der Waals surface area (Å²) in [5, 5.41) is 0. The second-order valence-corrected chi connectivity index (χ2v) is 7.40. The van der Waals surface area contributed by atoms with E-state index in [1.54, 1.807) is 0 Å². The van der Waals surface area contributed by atoms with E-state index >= 15 is 0 Å². The number of benzene rings is 1. The fourth-order valence-corrected chi connectivity index (χ4v) is 4.24. The normalized spacial score (nSPS) is 24.1. The van der Waals surface area contributed by atoms with E-state index < -0.39 is 0 Å². The molecule has 0 atom stereocenters. The van der Waals surface area contributed by atoms with Crippen molar-refractivity contribution in [3.8, 4) is 0 Å². The van der Waals surface area contributed by atoms with Crippen LogP contribution in [0.5, 0.6) is 0 Å². The second kappa shape index (κ2) is 7.94. The molecule has 3 saturated heterocycles. The Morgan fingerprint density at radius 1 is 1.04 bits per heavy atom. The summed E-state index contributed by atoms with van der Waals surface area (Å²) in [6, 6.07) is 10.4. The van der Waals surface area contributed by atoms with Gasteiger partial charge in [-0.25, -0.2) is 4.79 Å². The highest BCUT2D eigenvalue weighted by atomic mass is 16.7. The summed E-state index contributed by atoms with van der Waals surface area (Å²) in [7, 11) is 0. The molecule has 1 spiro atoms. The largest absolute Gasteiger partial charge is 0.445 e. The van der Waals surface area contributed by atoms with E-state index in [9.17, 15) is 4.79 Å². The molecule has 3 aliphatic heterocycles. The molecule has 0 aliphatic carbocycles. The molecule has 142 valence electrons. The summed E-state index contributed by atoms with van der Waals surface area (Å²) in [6.07, 6.45) is 3.72. The highest BCUT2D eigenvalue weighted by molar-refractivity contribution is 5.67. The Morgan fingerprint density at radius 3 is 2.35 bits per heavy atom. The third-order valence-electron chi connectivity index (χ3n) is 5.82. The molecule has 0 aromatic heterocycles. The Bertz CT molecular complexity index is 585. The fraction of sp³-hybridized carbons (Fsp3) is 0.650. The number of nitrogens with zero attached hydrogens (tertiary/aromatic N) is 2. The zero-order chi connectivity index (χ0) is 17.8. The summed E-state index contributed by atoms with van der Waals surface area (Å²) in [5.74, 6) is -0.307. The van der Waals surface area contributed by atoms with Crippen molar-refractivity contribution < 1.29 is 19.0 Å². The molecule has 1 amide bonds. The highest BCUT2D eigenvalue weighted by Gasteiger charge is 2.41. The first-order chi connectivity index (χ1) is 12.7. The smallest absolute Gasteiger partial charge is 0.410 e. The zero-order valence-corrected chi connectivity index (χ0v) is 15.3. The van der Waals surface area contributed by atoms with Crippen molar-refractivity contribution in [1.82, 2.24) is 9.80 Å². The molecular weight excluding hydrogens is 332 g/mol. The number of rotatable bonds is 3. The van der Waals surface area contributed by atoms with Crippen molar-refractivity contribution in [1.29, 1.82) is 0 Å². The van der Waals surface area contributed by atoms with Crippen LogP contribution < -0.4 is 0 Å². The van der Waals surface area contributed by atoms with Crippen molar-refractivity contribution in [3.63, 3.8) is 0 Å². The first kappa shape index (κ1) is 17.8. The summed E-state index contributed by atoms with van der Waals surface area (Å²) >= 11 is 0. The van der Waals surface area contributed by atoms with Crippen molar-refractivity contribution in [2.75, 3.05) is 39.4 Å². The van der Waals surface area contributed by atoms with Crippen LogP contribution in [0.25, 0.3) is 0 Å². The van der Waals surface area contributed by atoms with Gasteiger partial charge in [0.2, 0.25) is 0 Å². The lowest BCUT2D eigenvalue weighted by Crippen LogP contribution is -2.52. The average Bonchev–Trinajstić information content (AvgIpc) is 3.16. The molecular formula is C20H28N2O4. The lowest BCUT2D eigenvalue weighted by molar-refractivity contribution is -0.188. The molecule has 3 fully saturated rings. The highest BCUT2D eigenvalue weighted by Crippen LogP contribution is 2.33. The Balaban J connectivity index is 1.20. The molecule has 0 unspecified atom stereocenters. The third kappa shape index (κ3) is 4.03. The van der Waals surface area contributed by atoms with Gasteiger partial charge in [-0.3, -0.25) is 4.90 Å². The van der Waals surface area contributed by atoms with Crippen LogP contribution in [0.2, 0.25) is 0 Å². The van der Waals surface area contributed by atoms with Crippen LogP contribution in [0.4, 0.5) is 4.79 Å². The van der Waals surface area contributed by atoms with Gasteiger partial charge in [-0.1, -0.05) is 30.3 Å². The number of carbonyl (C=O) groups is 1. The first-order valence-electron chi connectivity index (χ1n) is 9.72. The molecule has 1 aromatic carbocycles. The van der Waals surface area contributed by atoms with Gasteiger partial charge in [-0.15, -0.1) is 0 Å². The van der Waals surface area contributed by atoms with E-state index in [1.807, 2.05) is 35.2 Å². The van der Waals surface area contributed by atoms with E-state index in [1.165, 1.54) is 0 Å². The predicted molar refractivity (Wildman–Crippen MR) is 96.7 cm³/mol. The van der Waals surface area contributed by atoms with Crippen LogP contribution in [0.3, 0.4) is 0 Å². The predicted octanol–water partition coefficient (Wildman–Crippen LogP) is 2.63. The van der Waals surface area contributed by atoms with Crippen LogP contribution in [-0.4, -0.2) is 67.1 Å². The Hall–Kier alpha value is -1.63. The zero-order valence-electron chi connectivity index (χ0n) is 15.3. The molecule has 3 heterocycles. The number of hydrogen-bond acceptors (Lipinski definition) is 5. The fourth-order valence-electron chi connectivity index (χ4n) is 4.24. The van der Waals surface area contributed by atoms with E-state index in [4.69, 9.17) is 14.2 Å². The van der Waals surface area contributed by atoms with Crippen LogP contribution in [0.15, 0.2) is 30.3 Å². The topological polar surface area (TPSA) is 51.2 Å². The van der Waals surface area contributed by atoms with Gasteiger partial charge >= 0.3 is 6.09 Å². The Kier molecular flexibility index (Phi) is 5.43. The average molecular weight is 360 g/mol. The van der Waals surface area contributed by atoms with E-state index in [0.717, 1.165) is 70.6 Å². The summed E-state index contributed by atoms with van der Waals surface area (Å²) < 4.78 is 17.1. The van der Waals surface area contributed by atoms with Gasteiger partial charge in [0.25, 0.3) is 0 Å². The van der Waals surface area contributed by atoms with Crippen LogP contribution in [0.1, 0.15) is 31.2 Å². The second-order valence-electron chi connectivity index (χ2n) is 7.40. The molecule has 6 nitrogen and oxygen atoms in total. The van der Waals surface area contributed by atoms with Crippen LogP contribution >= 0.6 is 0 Å². The molecule has 0 bridgehead atoms. The number of likely N-dealkylation sites (tertiary alicyclic amines) is 2. The van der Waals surface area contributed by atoms with Crippen molar-refractivity contribution in [2.24, 2.45) is 0 Å². The third-order valence-corrected chi connectivity index (χ3v) is 5.82. The maximum Gasteiger partial charge on any atom is 0.410 e. The van der Waals surface area contributed by atoms with E-state index in [2.05, 4.69) is 4.90 Å². The maximum absolute atomic E-state index is 12.3. The van der Waals surface area contributed by atoms with Crippen molar-refractivity contribution >= 4 is 6.09 Å². The SMILES string of the molecule is O=C(OCc1ccccc1)N1CCC(N2CCC3(CC2)OCCO3)CC1. The molecule has 6 heteroatoms. The molecule has 0 N–H and O–H groups in total. The summed E-state index contributed by atoms with van der Waals surface area (Å²) in [5.41, 5.74) is 1.02. The van der Waals surface area contributed by atoms with Gasteiger partial charge in [-0.2, -0.15) is 0 Å². The minimum Gasteiger partial charge on any atom is -0.445 e. The lowest BCUT2D eigenvalue weighted by atomic mass is 9.97. The summed E-state index contributed by atoms with van der Waals surface area (Å²) in [6.45, 7) is 5.37. The maximum atomic E-state index is 12.3. The lowest BCUT2D eigenvalue weighted by Gasteiger charge is -2.43. The molecule has 0 radical (unpaired) electrons. The molecule has 4 rings (SSSR count). The van der Waals surface area contributed by atoms with E-state index in [0.29, 0.717) is 12.6 Å². The van der Waals surface area contributed by atoms with Crippen LogP contribution in [0, 0.1) is 0 Å². The quantitative estimate of drug-likeness (QED) is 0.829. The standard InChI is InChI=1S/C20H28N2O4/c23-19(24-16-17-4-2-1-3-5-17)22-10-6-18(7-11-22)21-12-8-20(9-13-21)25-14-15-26-20/h1-5,18H,6-16H2. The van der Waals surface area contributed by atoms with E-state index in [-0.39, 0.29) is 11.9 Å². The monoisotopic (exact) mass is 360 g/mol. The van der Waals surface area contributed by atoms with Crippen molar-refractivity contribution in [3.05, 3.63) is 35.9 Å². The van der Waals surface area contributed by atoms with Gasteiger partial charge in [0.05, 0.1) is 13.2 Å². The van der Waals surface area contributed by atoms with Gasteiger partial charge in [-0.05, 0) is 18.4 Å². The van der Waals surface area contributed by atoms with Gasteiger partial charge in [0.15, 0.2) is 5.79 Å². The number of amides is 1. The summed E-state index contributed by atoms with van der Waals surface area (Å²) in [4.78, 5) is 16.7. The Morgan fingerprint density at radius 2 is 1.69 bits per heavy atom.